The van der Waals surface area contributed by atoms with E-state index in [1.165, 1.54) is 12.1 Å². The third kappa shape index (κ3) is 4.74. The van der Waals surface area contributed by atoms with E-state index in [2.05, 4.69) is 20.2 Å². The van der Waals surface area contributed by atoms with Crippen LogP contribution in [0.15, 0.2) is 18.2 Å². The molecule has 0 saturated carbocycles. The summed E-state index contributed by atoms with van der Waals surface area (Å²) in [5.74, 6) is -0.586. The van der Waals surface area contributed by atoms with Crippen molar-refractivity contribution in [3.8, 4) is 17.1 Å². The van der Waals surface area contributed by atoms with Crippen LogP contribution in [0.4, 0.5) is 24.1 Å². The number of hydrogen-bond acceptors (Lipinski definition) is 9. The minimum absolute atomic E-state index is 0.0447. The molecule has 8 nitrogen and oxygen atoms in total. The number of halogens is 4. The maximum Gasteiger partial charge on any atom is 0.319 e. The molecule has 3 fully saturated rings. The SMILES string of the molecule is CC(CN1CCC(F)C1)Oc1nc(N2C3CCC2CNC3)c2cc(Cl)c(-c3ccc(F)c4sc(N)nc34)c(F)c2n1. The van der Waals surface area contributed by atoms with Crippen molar-refractivity contribution in [1.29, 1.82) is 0 Å². The van der Waals surface area contributed by atoms with E-state index in [-0.39, 0.29) is 55.6 Å². The van der Waals surface area contributed by atoms with Crippen molar-refractivity contribution >= 4 is 55.0 Å². The quantitative estimate of drug-likeness (QED) is 0.312. The van der Waals surface area contributed by atoms with Crippen LogP contribution in [0, 0.1) is 11.6 Å². The fourth-order valence-electron chi connectivity index (χ4n) is 6.51. The number of aromatic nitrogens is 3. The predicted octanol–water partition coefficient (Wildman–Crippen LogP) is 5.17. The van der Waals surface area contributed by atoms with E-state index in [9.17, 15) is 8.78 Å². The first-order valence-corrected chi connectivity index (χ1v) is 15.0. The van der Waals surface area contributed by atoms with Gasteiger partial charge in [0.25, 0.3) is 0 Å². The number of ether oxygens (including phenoxy) is 1. The normalized spacial score (nSPS) is 23.6. The first-order valence-electron chi connectivity index (χ1n) is 13.8. The van der Waals surface area contributed by atoms with Gasteiger partial charge < -0.3 is 20.7 Å². The van der Waals surface area contributed by atoms with Crippen LogP contribution in [-0.4, -0.2) is 76.9 Å². The molecule has 0 aliphatic carbocycles. The number of likely N-dealkylation sites (tertiary alicyclic amines) is 1. The molecule has 0 spiro atoms. The Balaban J connectivity index is 1.37. The Hall–Kier alpha value is -2.93. The van der Waals surface area contributed by atoms with Crippen LogP contribution < -0.4 is 20.7 Å². The van der Waals surface area contributed by atoms with Crippen molar-refractivity contribution in [3.63, 3.8) is 0 Å². The van der Waals surface area contributed by atoms with Crippen molar-refractivity contribution in [2.24, 2.45) is 0 Å². The van der Waals surface area contributed by atoms with E-state index in [0.29, 0.717) is 42.8 Å². The Bertz CT molecular complexity index is 1640. The number of piperazine rings is 1. The largest absolute Gasteiger partial charge is 0.459 e. The summed E-state index contributed by atoms with van der Waals surface area (Å²) >= 11 is 7.77. The Labute approximate surface area is 243 Å². The van der Waals surface area contributed by atoms with Crippen molar-refractivity contribution in [2.75, 3.05) is 43.4 Å². The lowest BCUT2D eigenvalue weighted by molar-refractivity contribution is 0.146. The number of thiazole rings is 1. The minimum atomic E-state index is -0.836. The first-order chi connectivity index (χ1) is 19.8. The summed E-state index contributed by atoms with van der Waals surface area (Å²) < 4.78 is 51.3. The van der Waals surface area contributed by atoms with Gasteiger partial charge in [-0.05, 0) is 44.4 Å². The summed E-state index contributed by atoms with van der Waals surface area (Å²) in [4.78, 5) is 17.9. The molecule has 3 N–H and O–H groups in total. The number of nitrogens with zero attached hydrogens (tertiary/aromatic N) is 5. The molecular weight excluding hydrogens is 575 g/mol. The van der Waals surface area contributed by atoms with Crippen molar-refractivity contribution in [1.82, 2.24) is 25.2 Å². The molecule has 0 radical (unpaired) electrons. The van der Waals surface area contributed by atoms with Gasteiger partial charge in [0.2, 0.25) is 0 Å². The smallest absolute Gasteiger partial charge is 0.319 e. The van der Waals surface area contributed by atoms with Gasteiger partial charge in [-0.25, -0.2) is 18.2 Å². The Morgan fingerprint density at radius 2 is 1.93 bits per heavy atom. The van der Waals surface area contributed by atoms with Crippen LogP contribution in [0.3, 0.4) is 0 Å². The molecule has 13 heteroatoms. The number of hydrogen-bond donors (Lipinski definition) is 2. The second kappa shape index (κ2) is 10.4. The van der Waals surface area contributed by atoms with E-state index in [1.54, 1.807) is 6.07 Å². The topological polar surface area (TPSA) is 92.4 Å². The van der Waals surface area contributed by atoms with Gasteiger partial charge in [-0.3, -0.25) is 4.90 Å². The number of anilines is 2. The average Bonchev–Trinajstić information content (AvgIpc) is 3.59. The number of nitrogens with two attached hydrogens (primary N) is 1. The molecule has 2 aromatic heterocycles. The van der Waals surface area contributed by atoms with Gasteiger partial charge in [0.05, 0.1) is 15.2 Å². The molecule has 4 aromatic rings. The second-order valence-electron chi connectivity index (χ2n) is 11.1. The first kappa shape index (κ1) is 26.9. The lowest BCUT2D eigenvalue weighted by atomic mass is 10.0. The van der Waals surface area contributed by atoms with Crippen LogP contribution in [0.1, 0.15) is 26.2 Å². The van der Waals surface area contributed by atoms with Gasteiger partial charge in [0, 0.05) is 61.3 Å². The molecule has 2 aromatic carbocycles. The molecule has 4 atom stereocenters. The Morgan fingerprint density at radius 1 is 1.15 bits per heavy atom. The van der Waals surface area contributed by atoms with Crippen LogP contribution in [0.5, 0.6) is 6.01 Å². The number of fused-ring (bicyclic) bond motifs is 4. The zero-order chi connectivity index (χ0) is 28.4. The van der Waals surface area contributed by atoms with E-state index in [4.69, 9.17) is 27.1 Å². The van der Waals surface area contributed by atoms with Crippen LogP contribution in [-0.2, 0) is 0 Å². The predicted molar refractivity (Wildman–Crippen MR) is 156 cm³/mol. The minimum Gasteiger partial charge on any atom is -0.459 e. The van der Waals surface area contributed by atoms with Crippen molar-refractivity contribution in [2.45, 2.75) is 50.5 Å². The summed E-state index contributed by atoms with van der Waals surface area (Å²) in [5, 5.41) is 4.25. The van der Waals surface area contributed by atoms with Gasteiger partial charge in [0.15, 0.2) is 10.9 Å². The van der Waals surface area contributed by atoms with Crippen LogP contribution in [0.25, 0.3) is 32.2 Å². The highest BCUT2D eigenvalue weighted by Crippen LogP contribution is 2.44. The molecule has 216 valence electrons. The van der Waals surface area contributed by atoms with Crippen LogP contribution >= 0.6 is 22.9 Å². The van der Waals surface area contributed by atoms with Crippen molar-refractivity contribution < 1.29 is 17.9 Å². The Morgan fingerprint density at radius 3 is 2.66 bits per heavy atom. The highest BCUT2D eigenvalue weighted by Gasteiger charge is 2.39. The Kier molecular flexibility index (Phi) is 6.84. The highest BCUT2D eigenvalue weighted by molar-refractivity contribution is 7.22. The lowest BCUT2D eigenvalue weighted by Gasteiger charge is -2.37. The van der Waals surface area contributed by atoms with Gasteiger partial charge in [-0.1, -0.05) is 22.9 Å². The molecule has 3 aliphatic rings. The monoisotopic (exact) mass is 603 g/mol. The number of alkyl halides is 1. The number of benzene rings is 2. The molecule has 41 heavy (non-hydrogen) atoms. The van der Waals surface area contributed by atoms with Gasteiger partial charge in [-0.15, -0.1) is 0 Å². The van der Waals surface area contributed by atoms with E-state index >= 15 is 4.39 Å². The van der Waals surface area contributed by atoms with E-state index in [0.717, 1.165) is 37.3 Å². The van der Waals surface area contributed by atoms with E-state index < -0.39 is 17.8 Å². The molecule has 0 amide bonds. The third-order valence-electron chi connectivity index (χ3n) is 8.28. The van der Waals surface area contributed by atoms with Gasteiger partial charge in [0.1, 0.15) is 29.4 Å². The second-order valence-corrected chi connectivity index (χ2v) is 12.6. The highest BCUT2D eigenvalue weighted by atomic mass is 35.5. The van der Waals surface area contributed by atoms with Crippen LogP contribution in [0.2, 0.25) is 5.02 Å². The average molecular weight is 604 g/mol. The summed E-state index contributed by atoms with van der Waals surface area (Å²) in [6.07, 6.45) is 1.29. The van der Waals surface area contributed by atoms with E-state index in [1.807, 2.05) is 11.8 Å². The summed E-state index contributed by atoms with van der Waals surface area (Å²) in [7, 11) is 0. The summed E-state index contributed by atoms with van der Waals surface area (Å²) in [6, 6.07) is 4.83. The maximum atomic E-state index is 16.6. The number of rotatable bonds is 6. The molecule has 4 unspecified atom stereocenters. The maximum absolute atomic E-state index is 16.6. The van der Waals surface area contributed by atoms with Gasteiger partial charge in [-0.2, -0.15) is 9.97 Å². The molecule has 3 aliphatic heterocycles. The zero-order valence-electron chi connectivity index (χ0n) is 22.3. The number of nitrogens with one attached hydrogen (secondary N) is 1. The summed E-state index contributed by atoms with van der Waals surface area (Å²) in [5.41, 5.74) is 6.57. The standard InChI is InChI=1S/C28H29ClF3N7OS/c1-13(11-38-7-6-14(30)12-38)40-28-36-23-18(26(37-28)39-15-2-3-16(39)10-34-9-15)8-19(29)21(22(23)32)17-4-5-20(31)25-24(17)35-27(33)41-25/h4-5,8,13-16,34H,2-3,6-7,9-12H2,1H3,(H2,33,35). The molecule has 5 heterocycles. The lowest BCUT2D eigenvalue weighted by Crippen LogP contribution is -2.52. The molecular formula is C28H29ClF3N7OS. The summed E-state index contributed by atoms with van der Waals surface area (Å²) in [6.45, 7) is 4.99. The molecule has 3 saturated heterocycles. The van der Waals surface area contributed by atoms with Crippen molar-refractivity contribution in [3.05, 3.63) is 34.9 Å². The fraction of sp³-hybridized carbons (Fsp3) is 0.464. The fourth-order valence-corrected chi connectivity index (χ4v) is 7.56. The number of nitrogen functional groups attached to an aromatic ring is 1. The third-order valence-corrected chi connectivity index (χ3v) is 9.48. The zero-order valence-corrected chi connectivity index (χ0v) is 23.9. The molecule has 2 bridgehead atoms. The van der Waals surface area contributed by atoms with Gasteiger partial charge >= 0.3 is 6.01 Å². The molecule has 7 rings (SSSR count).